The molecule has 108 valence electrons. The largest absolute Gasteiger partial charge is 0.309 e. The van der Waals surface area contributed by atoms with Crippen LogP contribution < -0.4 is 5.32 Å². The Morgan fingerprint density at radius 1 is 1.32 bits per heavy atom. The van der Waals surface area contributed by atoms with Gasteiger partial charge in [-0.15, -0.1) is 0 Å². The minimum absolute atomic E-state index is 0.321. The minimum atomic E-state index is 0.321. The van der Waals surface area contributed by atoms with E-state index in [2.05, 4.69) is 75.9 Å². The van der Waals surface area contributed by atoms with Crippen LogP contribution >= 0.6 is 31.9 Å². The van der Waals surface area contributed by atoms with E-state index in [9.17, 15) is 0 Å². The van der Waals surface area contributed by atoms with Gasteiger partial charge in [0.05, 0.1) is 11.7 Å². The molecule has 0 amide bonds. The van der Waals surface area contributed by atoms with E-state index in [1.165, 1.54) is 6.42 Å². The second kappa shape index (κ2) is 7.75. The molecule has 0 aliphatic rings. The summed E-state index contributed by atoms with van der Waals surface area (Å²) in [5, 5.41) is 3.61. The Morgan fingerprint density at radius 3 is 2.53 bits per heavy atom. The Kier molecular flexibility index (Phi) is 6.98. The van der Waals surface area contributed by atoms with Gasteiger partial charge in [-0.05, 0) is 69.1 Å². The standard InChI is InChI=1S/C15H24Br2N2/c1-5-8-18-13(6-7-15(2,3)4)14-12(17)9-11(16)10-19-14/h9-10,13,18H,5-8H2,1-4H3. The van der Waals surface area contributed by atoms with Crippen LogP contribution in [0.2, 0.25) is 0 Å². The zero-order valence-electron chi connectivity index (χ0n) is 12.3. The average Bonchev–Trinajstić information content (AvgIpc) is 2.29. The summed E-state index contributed by atoms with van der Waals surface area (Å²) in [7, 11) is 0. The van der Waals surface area contributed by atoms with Gasteiger partial charge in [-0.3, -0.25) is 4.98 Å². The lowest BCUT2D eigenvalue weighted by molar-refractivity contribution is 0.329. The first-order valence-electron chi connectivity index (χ1n) is 6.88. The van der Waals surface area contributed by atoms with Crippen LogP contribution in [0.4, 0.5) is 0 Å². The number of pyridine rings is 1. The molecule has 0 bridgehead atoms. The van der Waals surface area contributed by atoms with Crippen molar-refractivity contribution < 1.29 is 0 Å². The normalized spacial score (nSPS) is 13.6. The molecule has 1 heterocycles. The molecule has 2 nitrogen and oxygen atoms in total. The molecule has 1 aromatic rings. The maximum absolute atomic E-state index is 4.58. The maximum Gasteiger partial charge on any atom is 0.0715 e. The molecule has 19 heavy (non-hydrogen) atoms. The van der Waals surface area contributed by atoms with Gasteiger partial charge in [0, 0.05) is 15.1 Å². The number of nitrogens with zero attached hydrogens (tertiary/aromatic N) is 1. The zero-order chi connectivity index (χ0) is 14.5. The molecule has 0 aromatic carbocycles. The highest BCUT2D eigenvalue weighted by atomic mass is 79.9. The van der Waals surface area contributed by atoms with Crippen LogP contribution in [-0.2, 0) is 0 Å². The second-order valence-corrected chi connectivity index (χ2v) is 7.90. The monoisotopic (exact) mass is 390 g/mol. The molecule has 0 fully saturated rings. The summed E-state index contributed by atoms with van der Waals surface area (Å²) < 4.78 is 2.08. The third-order valence-electron chi connectivity index (χ3n) is 2.99. The maximum atomic E-state index is 4.58. The van der Waals surface area contributed by atoms with Gasteiger partial charge < -0.3 is 5.32 Å². The van der Waals surface area contributed by atoms with Gasteiger partial charge >= 0.3 is 0 Å². The SMILES string of the molecule is CCCNC(CCC(C)(C)C)c1ncc(Br)cc1Br. The topological polar surface area (TPSA) is 24.9 Å². The third kappa shape index (κ3) is 6.37. The molecule has 0 radical (unpaired) electrons. The molecule has 1 atom stereocenters. The quantitative estimate of drug-likeness (QED) is 0.694. The molecule has 0 spiro atoms. The number of hydrogen-bond acceptors (Lipinski definition) is 2. The van der Waals surface area contributed by atoms with Crippen molar-refractivity contribution in [1.82, 2.24) is 10.3 Å². The van der Waals surface area contributed by atoms with Gasteiger partial charge in [-0.2, -0.15) is 0 Å². The van der Waals surface area contributed by atoms with Crippen molar-refractivity contribution >= 4 is 31.9 Å². The number of halogens is 2. The number of aromatic nitrogens is 1. The van der Waals surface area contributed by atoms with Crippen LogP contribution in [0.1, 0.15) is 58.7 Å². The average molecular weight is 392 g/mol. The highest BCUT2D eigenvalue weighted by Gasteiger charge is 2.19. The van der Waals surface area contributed by atoms with Crippen LogP contribution in [0.15, 0.2) is 21.2 Å². The highest BCUT2D eigenvalue weighted by Crippen LogP contribution is 2.31. The molecule has 0 saturated carbocycles. The number of nitrogens with one attached hydrogen (secondary N) is 1. The van der Waals surface area contributed by atoms with Gasteiger partial charge in [0.1, 0.15) is 0 Å². The van der Waals surface area contributed by atoms with Gasteiger partial charge in [0.15, 0.2) is 0 Å². The van der Waals surface area contributed by atoms with Crippen molar-refractivity contribution in [2.75, 3.05) is 6.54 Å². The number of hydrogen-bond donors (Lipinski definition) is 1. The van der Waals surface area contributed by atoms with E-state index in [0.29, 0.717) is 11.5 Å². The summed E-state index contributed by atoms with van der Waals surface area (Å²) in [6.07, 6.45) is 5.30. The molecular formula is C15H24Br2N2. The Balaban J connectivity index is 2.83. The van der Waals surface area contributed by atoms with Crippen LogP contribution in [0.25, 0.3) is 0 Å². The molecule has 1 unspecified atom stereocenters. The van der Waals surface area contributed by atoms with E-state index < -0.39 is 0 Å². The molecule has 0 saturated heterocycles. The van der Waals surface area contributed by atoms with Gasteiger partial charge in [-0.25, -0.2) is 0 Å². The van der Waals surface area contributed by atoms with E-state index in [-0.39, 0.29) is 0 Å². The lowest BCUT2D eigenvalue weighted by atomic mass is 9.88. The van der Waals surface area contributed by atoms with E-state index in [1.54, 1.807) is 0 Å². The van der Waals surface area contributed by atoms with Crippen molar-refractivity contribution in [3.63, 3.8) is 0 Å². The zero-order valence-corrected chi connectivity index (χ0v) is 15.4. The molecule has 1 N–H and O–H groups in total. The second-order valence-electron chi connectivity index (χ2n) is 6.13. The summed E-state index contributed by atoms with van der Waals surface area (Å²) in [6.45, 7) is 10.1. The summed E-state index contributed by atoms with van der Waals surface area (Å²) in [5.74, 6) is 0. The van der Waals surface area contributed by atoms with Crippen molar-refractivity contribution in [1.29, 1.82) is 0 Å². The summed E-state index contributed by atoms with van der Waals surface area (Å²) >= 11 is 7.08. The van der Waals surface area contributed by atoms with Crippen molar-refractivity contribution in [3.8, 4) is 0 Å². The predicted molar refractivity (Wildman–Crippen MR) is 89.4 cm³/mol. The Labute approximate surface area is 134 Å². The molecule has 4 heteroatoms. The van der Waals surface area contributed by atoms with Crippen molar-refractivity contribution in [2.24, 2.45) is 5.41 Å². The van der Waals surface area contributed by atoms with Gasteiger partial charge in [0.2, 0.25) is 0 Å². The lowest BCUT2D eigenvalue weighted by Gasteiger charge is -2.24. The van der Waals surface area contributed by atoms with Gasteiger partial charge in [0.25, 0.3) is 0 Å². The Bertz CT molecular complexity index is 400. The fourth-order valence-electron chi connectivity index (χ4n) is 1.91. The van der Waals surface area contributed by atoms with Crippen molar-refractivity contribution in [3.05, 3.63) is 26.9 Å². The first-order valence-corrected chi connectivity index (χ1v) is 8.46. The Hall–Kier alpha value is 0.0700. The van der Waals surface area contributed by atoms with E-state index >= 15 is 0 Å². The Morgan fingerprint density at radius 2 is 2.00 bits per heavy atom. The summed E-state index contributed by atoms with van der Waals surface area (Å²) in [5.41, 5.74) is 1.47. The van der Waals surface area contributed by atoms with E-state index in [4.69, 9.17) is 0 Å². The van der Waals surface area contributed by atoms with Crippen molar-refractivity contribution in [2.45, 2.75) is 53.0 Å². The van der Waals surface area contributed by atoms with E-state index in [1.807, 2.05) is 6.20 Å². The first-order chi connectivity index (χ1) is 8.83. The molecule has 0 aliphatic carbocycles. The molecule has 0 aliphatic heterocycles. The number of rotatable bonds is 6. The van der Waals surface area contributed by atoms with E-state index in [0.717, 1.165) is 34.0 Å². The molecular weight excluding hydrogens is 368 g/mol. The first kappa shape index (κ1) is 17.1. The molecule has 1 rings (SSSR count). The highest BCUT2D eigenvalue weighted by molar-refractivity contribution is 9.11. The van der Waals surface area contributed by atoms with Crippen LogP contribution in [-0.4, -0.2) is 11.5 Å². The fraction of sp³-hybridized carbons (Fsp3) is 0.667. The lowest BCUT2D eigenvalue weighted by Crippen LogP contribution is -2.25. The van der Waals surface area contributed by atoms with Crippen LogP contribution in [0, 0.1) is 5.41 Å². The summed E-state index contributed by atoms with van der Waals surface area (Å²) in [4.78, 5) is 4.58. The summed E-state index contributed by atoms with van der Waals surface area (Å²) in [6, 6.07) is 2.39. The smallest absolute Gasteiger partial charge is 0.0715 e. The van der Waals surface area contributed by atoms with Crippen LogP contribution in [0.5, 0.6) is 0 Å². The fourth-order valence-corrected chi connectivity index (χ4v) is 3.18. The predicted octanol–water partition coefficient (Wildman–Crippen LogP) is 5.47. The third-order valence-corrected chi connectivity index (χ3v) is 4.06. The van der Waals surface area contributed by atoms with Gasteiger partial charge in [-0.1, -0.05) is 27.7 Å². The minimum Gasteiger partial charge on any atom is -0.309 e. The molecule has 1 aromatic heterocycles. The van der Waals surface area contributed by atoms with Crippen LogP contribution in [0.3, 0.4) is 0 Å².